The van der Waals surface area contributed by atoms with Crippen molar-refractivity contribution in [3.63, 3.8) is 0 Å². The maximum atomic E-state index is 12.1. The SMILES string of the molecule is CN(C[C@@H]1CCN(C(=O)OC(C)(C)C)C1)c1ccc(Br)cn1. The summed E-state index contributed by atoms with van der Waals surface area (Å²) >= 11 is 3.39. The van der Waals surface area contributed by atoms with Gasteiger partial charge in [-0.1, -0.05) is 0 Å². The Kier molecular flexibility index (Phi) is 5.32. The van der Waals surface area contributed by atoms with Crippen LogP contribution in [-0.4, -0.2) is 48.3 Å². The quantitative estimate of drug-likeness (QED) is 0.817. The molecule has 2 rings (SSSR count). The summed E-state index contributed by atoms with van der Waals surface area (Å²) < 4.78 is 6.40. The van der Waals surface area contributed by atoms with Crippen LogP contribution in [0.4, 0.5) is 10.6 Å². The lowest BCUT2D eigenvalue weighted by Gasteiger charge is -2.25. The van der Waals surface area contributed by atoms with Crippen molar-refractivity contribution in [1.82, 2.24) is 9.88 Å². The van der Waals surface area contributed by atoms with Crippen molar-refractivity contribution < 1.29 is 9.53 Å². The van der Waals surface area contributed by atoms with Crippen LogP contribution in [0, 0.1) is 5.92 Å². The number of aromatic nitrogens is 1. The van der Waals surface area contributed by atoms with E-state index in [9.17, 15) is 4.79 Å². The molecule has 0 aromatic carbocycles. The Morgan fingerprint density at radius 1 is 1.50 bits per heavy atom. The smallest absolute Gasteiger partial charge is 0.410 e. The molecule has 0 radical (unpaired) electrons. The molecule has 0 N–H and O–H groups in total. The van der Waals surface area contributed by atoms with E-state index in [0.717, 1.165) is 36.3 Å². The van der Waals surface area contributed by atoms with Crippen LogP contribution in [0.1, 0.15) is 27.2 Å². The molecule has 0 unspecified atom stereocenters. The number of carbonyl (C=O) groups is 1. The first-order chi connectivity index (χ1) is 10.2. The van der Waals surface area contributed by atoms with Gasteiger partial charge in [0, 0.05) is 37.4 Å². The number of hydrogen-bond donors (Lipinski definition) is 0. The minimum atomic E-state index is -0.437. The molecule has 5 nitrogen and oxygen atoms in total. The molecule has 1 saturated heterocycles. The van der Waals surface area contributed by atoms with Gasteiger partial charge in [0.1, 0.15) is 11.4 Å². The van der Waals surface area contributed by atoms with Crippen molar-refractivity contribution in [3.8, 4) is 0 Å². The third kappa shape index (κ3) is 4.87. The number of hydrogen-bond acceptors (Lipinski definition) is 4. The molecule has 0 bridgehead atoms. The Morgan fingerprint density at radius 3 is 2.82 bits per heavy atom. The molecule has 1 aromatic rings. The lowest BCUT2D eigenvalue weighted by atomic mass is 10.1. The number of pyridine rings is 1. The van der Waals surface area contributed by atoms with E-state index in [0.29, 0.717) is 5.92 Å². The summed E-state index contributed by atoms with van der Waals surface area (Å²) in [6.45, 7) is 8.08. The van der Waals surface area contributed by atoms with Crippen LogP contribution in [0.25, 0.3) is 0 Å². The van der Waals surface area contributed by atoms with Crippen LogP contribution in [0.15, 0.2) is 22.8 Å². The topological polar surface area (TPSA) is 45.7 Å². The van der Waals surface area contributed by atoms with E-state index >= 15 is 0 Å². The summed E-state index contributed by atoms with van der Waals surface area (Å²) in [5, 5.41) is 0. The van der Waals surface area contributed by atoms with Crippen LogP contribution in [0.5, 0.6) is 0 Å². The Labute approximate surface area is 140 Å². The average molecular weight is 370 g/mol. The van der Waals surface area contributed by atoms with E-state index in [4.69, 9.17) is 4.74 Å². The number of halogens is 1. The van der Waals surface area contributed by atoms with Gasteiger partial charge in [-0.05, 0) is 61.2 Å². The molecule has 1 aliphatic rings. The van der Waals surface area contributed by atoms with Gasteiger partial charge in [0.15, 0.2) is 0 Å². The zero-order valence-corrected chi connectivity index (χ0v) is 15.3. The summed E-state index contributed by atoms with van der Waals surface area (Å²) in [5.74, 6) is 1.39. The van der Waals surface area contributed by atoms with Gasteiger partial charge in [0.2, 0.25) is 0 Å². The van der Waals surface area contributed by atoms with Crippen molar-refractivity contribution in [3.05, 3.63) is 22.8 Å². The van der Waals surface area contributed by atoms with Gasteiger partial charge in [-0.25, -0.2) is 9.78 Å². The molecule has 0 saturated carbocycles. The highest BCUT2D eigenvalue weighted by Gasteiger charge is 2.30. The Hall–Kier alpha value is -1.30. The molecular weight excluding hydrogens is 346 g/mol. The summed E-state index contributed by atoms with van der Waals surface area (Å²) in [6, 6.07) is 3.98. The number of likely N-dealkylation sites (tertiary alicyclic amines) is 1. The lowest BCUT2D eigenvalue weighted by molar-refractivity contribution is 0.0288. The highest BCUT2D eigenvalue weighted by atomic mass is 79.9. The van der Waals surface area contributed by atoms with Crippen molar-refractivity contribution >= 4 is 27.8 Å². The zero-order valence-electron chi connectivity index (χ0n) is 13.7. The van der Waals surface area contributed by atoms with Crippen LogP contribution >= 0.6 is 15.9 Å². The molecule has 122 valence electrons. The van der Waals surface area contributed by atoms with Crippen LogP contribution in [-0.2, 0) is 4.74 Å². The number of ether oxygens (including phenoxy) is 1. The summed E-state index contributed by atoms with van der Waals surface area (Å²) in [6.07, 6.45) is 2.59. The number of carbonyl (C=O) groups excluding carboxylic acids is 1. The van der Waals surface area contributed by atoms with E-state index in [1.54, 1.807) is 11.1 Å². The van der Waals surface area contributed by atoms with Crippen LogP contribution in [0.3, 0.4) is 0 Å². The van der Waals surface area contributed by atoms with Gasteiger partial charge in [0.25, 0.3) is 0 Å². The largest absolute Gasteiger partial charge is 0.444 e. The van der Waals surface area contributed by atoms with E-state index in [1.165, 1.54) is 0 Å². The van der Waals surface area contributed by atoms with Crippen molar-refractivity contribution in [1.29, 1.82) is 0 Å². The first kappa shape index (κ1) is 17.1. The molecule has 1 fully saturated rings. The number of amides is 1. The number of rotatable bonds is 3. The van der Waals surface area contributed by atoms with Crippen LogP contribution < -0.4 is 4.90 Å². The molecule has 1 aromatic heterocycles. The standard InChI is InChI=1S/C16H24BrN3O2/c1-16(2,3)22-15(21)20-8-7-12(11-20)10-19(4)14-6-5-13(17)9-18-14/h5-6,9,12H,7-8,10-11H2,1-4H3/t12-/m0/s1. The summed E-state index contributed by atoms with van der Waals surface area (Å²) in [4.78, 5) is 20.4. The van der Waals surface area contributed by atoms with E-state index in [1.807, 2.05) is 40.0 Å². The molecule has 1 amide bonds. The monoisotopic (exact) mass is 369 g/mol. The minimum Gasteiger partial charge on any atom is -0.444 e. The molecule has 2 heterocycles. The third-order valence-corrected chi connectivity index (χ3v) is 4.04. The van der Waals surface area contributed by atoms with Gasteiger partial charge in [0.05, 0.1) is 0 Å². The number of nitrogens with zero attached hydrogens (tertiary/aromatic N) is 3. The maximum Gasteiger partial charge on any atom is 0.410 e. The maximum absolute atomic E-state index is 12.1. The van der Waals surface area contributed by atoms with E-state index in [-0.39, 0.29) is 6.09 Å². The lowest BCUT2D eigenvalue weighted by Crippen LogP contribution is -2.36. The second-order valence-corrected chi connectivity index (χ2v) is 7.71. The van der Waals surface area contributed by atoms with Crippen LogP contribution in [0.2, 0.25) is 0 Å². The van der Waals surface area contributed by atoms with Gasteiger partial charge in [-0.3, -0.25) is 0 Å². The molecule has 0 spiro atoms. The van der Waals surface area contributed by atoms with E-state index < -0.39 is 5.60 Å². The predicted molar refractivity (Wildman–Crippen MR) is 91.1 cm³/mol. The molecule has 6 heteroatoms. The molecule has 22 heavy (non-hydrogen) atoms. The molecule has 1 aliphatic heterocycles. The highest BCUT2D eigenvalue weighted by molar-refractivity contribution is 9.10. The van der Waals surface area contributed by atoms with Gasteiger partial charge >= 0.3 is 6.09 Å². The normalized spacial score (nSPS) is 18.4. The Bertz CT molecular complexity index is 513. The summed E-state index contributed by atoms with van der Waals surface area (Å²) in [5.41, 5.74) is -0.437. The van der Waals surface area contributed by atoms with E-state index in [2.05, 4.69) is 25.8 Å². The van der Waals surface area contributed by atoms with Gasteiger partial charge in [-0.2, -0.15) is 0 Å². The van der Waals surface area contributed by atoms with Crippen molar-refractivity contribution in [2.75, 3.05) is 31.6 Å². The predicted octanol–water partition coefficient (Wildman–Crippen LogP) is 3.54. The van der Waals surface area contributed by atoms with Gasteiger partial charge in [-0.15, -0.1) is 0 Å². The summed E-state index contributed by atoms with van der Waals surface area (Å²) in [7, 11) is 2.03. The van der Waals surface area contributed by atoms with Crippen molar-refractivity contribution in [2.45, 2.75) is 32.8 Å². The fourth-order valence-corrected chi connectivity index (χ4v) is 2.78. The van der Waals surface area contributed by atoms with Gasteiger partial charge < -0.3 is 14.5 Å². The average Bonchev–Trinajstić information content (AvgIpc) is 2.86. The van der Waals surface area contributed by atoms with Crippen molar-refractivity contribution in [2.24, 2.45) is 5.92 Å². The minimum absolute atomic E-state index is 0.209. The fraction of sp³-hybridized carbons (Fsp3) is 0.625. The second kappa shape index (κ2) is 6.86. The third-order valence-electron chi connectivity index (χ3n) is 3.57. The number of anilines is 1. The Morgan fingerprint density at radius 2 is 2.23 bits per heavy atom. The highest BCUT2D eigenvalue weighted by Crippen LogP contribution is 2.22. The first-order valence-corrected chi connectivity index (χ1v) is 8.34. The molecule has 0 aliphatic carbocycles. The molecule has 1 atom stereocenters. The first-order valence-electron chi connectivity index (χ1n) is 7.55. The fourth-order valence-electron chi connectivity index (χ4n) is 2.55. The zero-order chi connectivity index (χ0) is 16.3. The Balaban J connectivity index is 1.85. The molecular formula is C16H24BrN3O2. The second-order valence-electron chi connectivity index (χ2n) is 6.80.